The molecule has 1 saturated heterocycles. The van der Waals surface area contributed by atoms with Crippen molar-refractivity contribution in [3.63, 3.8) is 0 Å². The molecular weight excluding hydrogens is 341 g/mol. The van der Waals surface area contributed by atoms with E-state index in [1.54, 1.807) is 12.1 Å². The van der Waals surface area contributed by atoms with Crippen LogP contribution in [0.3, 0.4) is 0 Å². The Morgan fingerprint density at radius 2 is 1.76 bits per heavy atom. The van der Waals surface area contributed by atoms with Crippen molar-refractivity contribution in [3.05, 3.63) is 32.9 Å². The molecule has 4 N–H and O–H groups in total. The summed E-state index contributed by atoms with van der Waals surface area (Å²) < 4.78 is 5.51. The highest BCUT2D eigenvalue weighted by atomic mass is 35.5. The summed E-state index contributed by atoms with van der Waals surface area (Å²) in [6.45, 7) is -0.402. The fraction of sp³-hybridized carbons (Fsp3) is 0.385. The van der Waals surface area contributed by atoms with Gasteiger partial charge in [0.05, 0.1) is 16.7 Å². The van der Waals surface area contributed by atoms with Crippen LogP contribution in [0, 0.1) is 0 Å². The van der Waals surface area contributed by atoms with Crippen LogP contribution in [0.2, 0.25) is 15.2 Å². The number of ether oxygens (including phenoxy) is 1. The lowest BCUT2D eigenvalue weighted by molar-refractivity contribution is -0.0223. The maximum atomic E-state index is 10.1. The summed E-state index contributed by atoms with van der Waals surface area (Å²) in [5.74, 6) is 0. The molecule has 5 nitrogen and oxygen atoms in total. The second-order valence-corrected chi connectivity index (χ2v) is 6.12. The van der Waals surface area contributed by atoms with E-state index in [-0.39, 0.29) is 5.15 Å². The molecule has 1 aromatic carbocycles. The number of aliphatic hydroxyl groups excluding tert-OH is 3. The fourth-order valence-electron chi connectivity index (χ4n) is 2.59. The Kier molecular flexibility index (Phi) is 4.09. The van der Waals surface area contributed by atoms with E-state index in [1.807, 2.05) is 0 Å². The van der Waals surface area contributed by atoms with Crippen molar-refractivity contribution in [2.75, 3.05) is 6.61 Å². The summed E-state index contributed by atoms with van der Waals surface area (Å²) in [5.41, 5.74) is 1.12. The quantitative estimate of drug-likeness (QED) is 0.668. The van der Waals surface area contributed by atoms with Crippen molar-refractivity contribution >= 4 is 45.7 Å². The number of aromatic nitrogens is 1. The summed E-state index contributed by atoms with van der Waals surface area (Å²) >= 11 is 18.2. The first-order valence-electron chi connectivity index (χ1n) is 6.22. The predicted octanol–water partition coefficient (Wildman–Crippen LogP) is 2.28. The summed E-state index contributed by atoms with van der Waals surface area (Å²) in [5, 5.41) is 30.7. The Labute approximate surface area is 135 Å². The van der Waals surface area contributed by atoms with Gasteiger partial charge in [-0.15, -0.1) is 0 Å². The number of H-pyrrole nitrogens is 1. The van der Waals surface area contributed by atoms with Gasteiger partial charge in [0.2, 0.25) is 0 Å². The molecule has 1 aliphatic heterocycles. The highest BCUT2D eigenvalue weighted by molar-refractivity contribution is 6.43. The van der Waals surface area contributed by atoms with Gasteiger partial charge in [-0.2, -0.15) is 0 Å². The van der Waals surface area contributed by atoms with Crippen LogP contribution in [0.1, 0.15) is 11.7 Å². The smallest absolute Gasteiger partial charge is 0.115 e. The lowest BCUT2D eigenvalue weighted by Gasteiger charge is -2.14. The Morgan fingerprint density at radius 3 is 2.38 bits per heavy atom. The number of benzene rings is 1. The zero-order chi connectivity index (χ0) is 15.3. The topological polar surface area (TPSA) is 85.7 Å². The first-order chi connectivity index (χ1) is 9.93. The summed E-state index contributed by atoms with van der Waals surface area (Å²) in [6, 6.07) is 3.24. The maximum Gasteiger partial charge on any atom is 0.115 e. The molecule has 0 unspecified atom stereocenters. The number of hydrogen-bond acceptors (Lipinski definition) is 4. The summed E-state index contributed by atoms with van der Waals surface area (Å²) in [4.78, 5) is 2.93. The number of aromatic amines is 1. The Balaban J connectivity index is 2.12. The normalized spacial score (nSPS) is 29.4. The minimum absolute atomic E-state index is 0.262. The third-order valence-corrected chi connectivity index (χ3v) is 4.68. The van der Waals surface area contributed by atoms with Gasteiger partial charge in [-0.1, -0.05) is 34.8 Å². The van der Waals surface area contributed by atoms with Gasteiger partial charge in [0, 0.05) is 16.5 Å². The molecule has 0 spiro atoms. The van der Waals surface area contributed by atoms with Crippen LogP contribution in [0.4, 0.5) is 0 Å². The highest BCUT2D eigenvalue weighted by Gasteiger charge is 2.44. The van der Waals surface area contributed by atoms with Gasteiger partial charge in [-0.3, -0.25) is 0 Å². The van der Waals surface area contributed by atoms with Gasteiger partial charge in [0.1, 0.15) is 29.6 Å². The zero-order valence-corrected chi connectivity index (χ0v) is 12.8. The van der Waals surface area contributed by atoms with E-state index in [4.69, 9.17) is 44.6 Å². The molecule has 8 heteroatoms. The molecule has 21 heavy (non-hydrogen) atoms. The Morgan fingerprint density at radius 1 is 1.10 bits per heavy atom. The molecule has 0 aliphatic carbocycles. The van der Waals surface area contributed by atoms with Crippen LogP contribution in [0.5, 0.6) is 0 Å². The number of fused-ring (bicyclic) bond motifs is 1. The van der Waals surface area contributed by atoms with Gasteiger partial charge in [0.25, 0.3) is 0 Å². The van der Waals surface area contributed by atoms with E-state index >= 15 is 0 Å². The first kappa shape index (κ1) is 15.4. The second-order valence-electron chi connectivity index (χ2n) is 4.92. The van der Waals surface area contributed by atoms with E-state index in [1.165, 1.54) is 0 Å². The number of hydrogen-bond donors (Lipinski definition) is 4. The van der Waals surface area contributed by atoms with E-state index in [0.29, 0.717) is 26.5 Å². The number of halogens is 3. The van der Waals surface area contributed by atoms with Crippen molar-refractivity contribution in [2.24, 2.45) is 0 Å². The molecule has 2 aromatic rings. The molecule has 0 bridgehead atoms. The Bertz CT molecular complexity index is 690. The monoisotopic (exact) mass is 351 g/mol. The predicted molar refractivity (Wildman–Crippen MR) is 80.0 cm³/mol. The van der Waals surface area contributed by atoms with Gasteiger partial charge in [-0.25, -0.2) is 0 Å². The molecule has 2 heterocycles. The average Bonchev–Trinajstić information content (AvgIpc) is 2.89. The summed E-state index contributed by atoms with van der Waals surface area (Å²) in [6.07, 6.45) is -4.12. The van der Waals surface area contributed by atoms with Crippen molar-refractivity contribution < 1.29 is 20.1 Å². The van der Waals surface area contributed by atoms with Crippen LogP contribution in [-0.2, 0) is 4.74 Å². The van der Waals surface area contributed by atoms with Crippen molar-refractivity contribution in [3.8, 4) is 0 Å². The van der Waals surface area contributed by atoms with Gasteiger partial charge >= 0.3 is 0 Å². The summed E-state index contributed by atoms with van der Waals surface area (Å²) in [7, 11) is 0. The second kappa shape index (κ2) is 5.59. The molecule has 0 saturated carbocycles. The van der Waals surface area contributed by atoms with E-state index in [0.717, 1.165) is 0 Å². The van der Waals surface area contributed by atoms with Crippen LogP contribution in [0.15, 0.2) is 12.1 Å². The zero-order valence-electron chi connectivity index (χ0n) is 10.6. The highest BCUT2D eigenvalue weighted by Crippen LogP contribution is 2.42. The number of aliphatic hydroxyl groups is 3. The van der Waals surface area contributed by atoms with Gasteiger partial charge in [0.15, 0.2) is 0 Å². The van der Waals surface area contributed by atoms with E-state index < -0.39 is 31.0 Å². The Hall–Kier alpha value is -0.530. The number of nitrogens with one attached hydrogen (secondary N) is 1. The van der Waals surface area contributed by atoms with Gasteiger partial charge < -0.3 is 25.0 Å². The van der Waals surface area contributed by atoms with E-state index in [9.17, 15) is 10.2 Å². The average molecular weight is 353 g/mol. The SMILES string of the molecule is OC[C@H]1O[C@@H](c2c(Cl)[nH]c3cc(Cl)c(Cl)cc23)[C@H](O)[C@@H]1O. The van der Waals surface area contributed by atoms with Crippen molar-refractivity contribution in [1.82, 2.24) is 4.98 Å². The molecule has 0 amide bonds. The molecular formula is C13H12Cl3NO4. The lowest BCUT2D eigenvalue weighted by Crippen LogP contribution is -2.32. The minimum Gasteiger partial charge on any atom is -0.394 e. The standard InChI is InChI=1S/C13H12Cl3NO4/c14-5-1-4-7(2-6(5)15)17-13(16)9(4)12-11(20)10(19)8(3-18)21-12/h1-2,8,10-12,17-20H,3H2/t8-,10-,11-,12+/m1/s1. The maximum absolute atomic E-state index is 10.1. The van der Waals surface area contributed by atoms with Crippen LogP contribution in [-0.4, -0.2) is 45.2 Å². The fourth-order valence-corrected chi connectivity index (χ4v) is 3.23. The minimum atomic E-state index is -1.20. The third kappa shape index (κ3) is 2.43. The number of rotatable bonds is 2. The first-order valence-corrected chi connectivity index (χ1v) is 7.36. The van der Waals surface area contributed by atoms with Gasteiger partial charge in [-0.05, 0) is 12.1 Å². The lowest BCUT2D eigenvalue weighted by atomic mass is 10.0. The van der Waals surface area contributed by atoms with Crippen molar-refractivity contribution in [1.29, 1.82) is 0 Å². The largest absolute Gasteiger partial charge is 0.394 e. The van der Waals surface area contributed by atoms with Crippen LogP contribution in [0.25, 0.3) is 10.9 Å². The molecule has 1 aromatic heterocycles. The molecule has 0 radical (unpaired) electrons. The third-order valence-electron chi connectivity index (χ3n) is 3.66. The van der Waals surface area contributed by atoms with E-state index in [2.05, 4.69) is 4.98 Å². The van der Waals surface area contributed by atoms with Crippen LogP contribution >= 0.6 is 34.8 Å². The molecule has 4 atom stereocenters. The van der Waals surface area contributed by atoms with Crippen LogP contribution < -0.4 is 0 Å². The van der Waals surface area contributed by atoms with Crippen molar-refractivity contribution in [2.45, 2.75) is 24.4 Å². The molecule has 114 valence electrons. The molecule has 1 aliphatic rings. The molecule has 3 rings (SSSR count). The molecule has 1 fully saturated rings.